The normalized spacial score (nSPS) is 14.2. The molecule has 0 fully saturated rings. The second kappa shape index (κ2) is 11.0. The molecular weight excluding hydrogens is 541 g/mol. The minimum atomic E-state index is 0.823. The number of benzene rings is 2. The Morgan fingerprint density at radius 1 is 0.537 bits per heavy atom. The molecular formula is C35H24N4S2. The van der Waals surface area contributed by atoms with Gasteiger partial charge >= 0.3 is 0 Å². The highest BCUT2D eigenvalue weighted by Gasteiger charge is 2.15. The maximum atomic E-state index is 4.53. The van der Waals surface area contributed by atoms with Crippen LogP contribution in [0.3, 0.4) is 0 Å². The minimum Gasteiger partial charge on any atom is -0.263 e. The molecule has 4 aromatic heterocycles. The third-order valence-electron chi connectivity index (χ3n) is 7.22. The smallest absolute Gasteiger partial charge is 0.0797 e. The van der Waals surface area contributed by atoms with Crippen molar-refractivity contribution in [2.24, 2.45) is 0 Å². The van der Waals surface area contributed by atoms with Gasteiger partial charge in [0, 0.05) is 59.4 Å². The van der Waals surface area contributed by atoms with Gasteiger partial charge < -0.3 is 0 Å². The Hall–Kier alpha value is -4.78. The van der Waals surface area contributed by atoms with E-state index in [0.717, 1.165) is 60.7 Å². The van der Waals surface area contributed by atoms with Gasteiger partial charge in [0.05, 0.1) is 20.8 Å². The zero-order valence-corrected chi connectivity index (χ0v) is 23.7. The van der Waals surface area contributed by atoms with E-state index in [1.807, 2.05) is 48.2 Å². The van der Waals surface area contributed by atoms with Gasteiger partial charge in [0.1, 0.15) is 0 Å². The Morgan fingerprint density at radius 2 is 1.15 bits per heavy atom. The highest BCUT2D eigenvalue weighted by molar-refractivity contribution is 7.13. The molecule has 6 heteroatoms. The fraction of sp³-hybridized carbons (Fsp3) is 0.0286. The molecule has 0 saturated heterocycles. The zero-order chi connectivity index (χ0) is 27.6. The van der Waals surface area contributed by atoms with Gasteiger partial charge in [0.2, 0.25) is 0 Å². The lowest BCUT2D eigenvalue weighted by Crippen LogP contribution is -1.96. The molecule has 4 heterocycles. The monoisotopic (exact) mass is 564 g/mol. The van der Waals surface area contributed by atoms with E-state index in [-0.39, 0.29) is 0 Å². The van der Waals surface area contributed by atoms with Crippen LogP contribution in [0.5, 0.6) is 0 Å². The van der Waals surface area contributed by atoms with Crippen molar-refractivity contribution in [2.75, 3.05) is 0 Å². The van der Waals surface area contributed by atoms with E-state index >= 15 is 0 Å². The number of hydrogen-bond acceptors (Lipinski definition) is 6. The average Bonchev–Trinajstić information content (AvgIpc) is 3.76. The topological polar surface area (TPSA) is 51.6 Å². The second-order valence-corrected chi connectivity index (χ2v) is 11.6. The third-order valence-corrected chi connectivity index (χ3v) is 8.86. The summed E-state index contributed by atoms with van der Waals surface area (Å²) in [5.74, 6) is 0. The Kier molecular flexibility index (Phi) is 6.77. The number of aromatic nitrogens is 4. The minimum absolute atomic E-state index is 0.823. The standard InChI is InChI=1S/C35H24N4S2/c1-23-5-3-2-4-6-26-11-24(27-12-29(17-36-15-27)34-19-38-21-40-34)7-9-31(26)32-10-8-25(14-33(23)32)28-13-30(18-37-16-28)35-20-39-22-41-35/h2-5,7-22H,1,6H2/b4-2-,5-3-. The van der Waals surface area contributed by atoms with Crippen molar-refractivity contribution in [1.82, 2.24) is 19.9 Å². The van der Waals surface area contributed by atoms with E-state index in [2.05, 4.69) is 99.3 Å². The molecule has 0 aliphatic heterocycles. The predicted octanol–water partition coefficient (Wildman–Crippen LogP) is 9.41. The molecule has 7 rings (SSSR count). The van der Waals surface area contributed by atoms with Crippen LogP contribution in [0.15, 0.2) is 128 Å². The van der Waals surface area contributed by atoms with Crippen molar-refractivity contribution in [2.45, 2.75) is 6.42 Å². The van der Waals surface area contributed by atoms with E-state index in [9.17, 15) is 0 Å². The van der Waals surface area contributed by atoms with Crippen LogP contribution < -0.4 is 0 Å². The SMILES string of the molecule is C=C1/C=C\C=C/Cc2cc(-c3cncc(-c4cncs4)c3)ccc2-c2ccc(-c3cncc(-c4cncs4)c3)cc21. The van der Waals surface area contributed by atoms with Gasteiger partial charge in [-0.3, -0.25) is 19.9 Å². The summed E-state index contributed by atoms with van der Waals surface area (Å²) in [4.78, 5) is 19.7. The number of nitrogens with zero attached hydrogens (tertiary/aromatic N) is 4. The molecule has 0 atom stereocenters. The molecule has 196 valence electrons. The molecule has 0 spiro atoms. The number of allylic oxidation sites excluding steroid dienone is 5. The lowest BCUT2D eigenvalue weighted by Gasteiger charge is -2.18. The maximum Gasteiger partial charge on any atom is 0.0797 e. The number of rotatable bonds is 4. The molecule has 6 aromatic rings. The molecule has 4 nitrogen and oxygen atoms in total. The first-order valence-corrected chi connectivity index (χ1v) is 15.0. The third kappa shape index (κ3) is 5.11. The summed E-state index contributed by atoms with van der Waals surface area (Å²) in [6.07, 6.45) is 20.7. The Bertz CT molecular complexity index is 1930. The summed E-state index contributed by atoms with van der Waals surface area (Å²) >= 11 is 3.24. The van der Waals surface area contributed by atoms with Gasteiger partial charge in [-0.15, -0.1) is 22.7 Å². The van der Waals surface area contributed by atoms with Crippen molar-refractivity contribution in [3.63, 3.8) is 0 Å². The quantitative estimate of drug-likeness (QED) is 0.214. The summed E-state index contributed by atoms with van der Waals surface area (Å²) in [5.41, 5.74) is 16.0. The maximum absolute atomic E-state index is 4.53. The Morgan fingerprint density at radius 3 is 1.78 bits per heavy atom. The Labute approximate surface area is 246 Å². The lowest BCUT2D eigenvalue weighted by molar-refractivity contribution is 1.26. The first kappa shape index (κ1) is 25.2. The van der Waals surface area contributed by atoms with Crippen LogP contribution in [0, 0.1) is 0 Å². The number of thiazole rings is 2. The summed E-state index contributed by atoms with van der Waals surface area (Å²) < 4.78 is 0. The van der Waals surface area contributed by atoms with E-state index < -0.39 is 0 Å². The van der Waals surface area contributed by atoms with Gasteiger partial charge in [0.15, 0.2) is 0 Å². The van der Waals surface area contributed by atoms with Crippen molar-refractivity contribution >= 4 is 28.2 Å². The fourth-order valence-corrected chi connectivity index (χ4v) is 6.36. The molecule has 1 aliphatic carbocycles. The molecule has 0 unspecified atom stereocenters. The van der Waals surface area contributed by atoms with Gasteiger partial charge in [-0.05, 0) is 63.6 Å². The van der Waals surface area contributed by atoms with E-state index in [1.165, 1.54) is 16.7 Å². The van der Waals surface area contributed by atoms with Crippen LogP contribution in [0.1, 0.15) is 11.1 Å². The van der Waals surface area contributed by atoms with Crippen LogP contribution in [-0.2, 0) is 6.42 Å². The lowest BCUT2D eigenvalue weighted by atomic mass is 9.87. The van der Waals surface area contributed by atoms with Gasteiger partial charge in [-0.1, -0.05) is 61.2 Å². The summed E-state index contributed by atoms with van der Waals surface area (Å²) in [7, 11) is 0. The Balaban J connectivity index is 1.32. The summed E-state index contributed by atoms with van der Waals surface area (Å²) in [6.45, 7) is 4.44. The molecule has 0 radical (unpaired) electrons. The van der Waals surface area contributed by atoms with Crippen LogP contribution in [0.2, 0.25) is 0 Å². The summed E-state index contributed by atoms with van der Waals surface area (Å²) in [5, 5.41) is 0. The van der Waals surface area contributed by atoms with Crippen LogP contribution >= 0.6 is 22.7 Å². The van der Waals surface area contributed by atoms with Crippen LogP contribution in [0.25, 0.3) is 59.8 Å². The fourth-order valence-electron chi connectivity index (χ4n) is 5.15. The average molecular weight is 565 g/mol. The highest BCUT2D eigenvalue weighted by Crippen LogP contribution is 2.38. The molecule has 0 saturated carbocycles. The molecule has 0 amide bonds. The second-order valence-electron chi connectivity index (χ2n) is 9.80. The molecule has 41 heavy (non-hydrogen) atoms. The van der Waals surface area contributed by atoms with E-state index in [0.29, 0.717) is 0 Å². The van der Waals surface area contributed by atoms with Crippen LogP contribution in [0.4, 0.5) is 0 Å². The molecule has 1 aliphatic rings. The zero-order valence-electron chi connectivity index (χ0n) is 22.1. The van der Waals surface area contributed by atoms with Gasteiger partial charge in [-0.25, -0.2) is 0 Å². The first-order valence-electron chi connectivity index (χ1n) is 13.2. The highest BCUT2D eigenvalue weighted by atomic mass is 32.1. The molecule has 2 aromatic carbocycles. The first-order chi connectivity index (χ1) is 20.2. The number of fused-ring (bicyclic) bond motifs is 3. The largest absolute Gasteiger partial charge is 0.263 e. The molecule has 0 N–H and O–H groups in total. The van der Waals surface area contributed by atoms with Gasteiger partial charge in [0.25, 0.3) is 0 Å². The predicted molar refractivity (Wildman–Crippen MR) is 172 cm³/mol. The summed E-state index contributed by atoms with van der Waals surface area (Å²) in [6, 6.07) is 17.7. The van der Waals surface area contributed by atoms with Crippen molar-refractivity contribution in [1.29, 1.82) is 0 Å². The van der Waals surface area contributed by atoms with Crippen molar-refractivity contribution < 1.29 is 0 Å². The van der Waals surface area contributed by atoms with Crippen molar-refractivity contribution in [3.8, 4) is 54.3 Å². The van der Waals surface area contributed by atoms with E-state index in [1.54, 1.807) is 22.7 Å². The van der Waals surface area contributed by atoms with Crippen molar-refractivity contribution in [3.05, 3.63) is 139 Å². The number of pyridine rings is 2. The van der Waals surface area contributed by atoms with Crippen LogP contribution in [-0.4, -0.2) is 19.9 Å². The van der Waals surface area contributed by atoms with E-state index in [4.69, 9.17) is 0 Å². The molecule has 0 bridgehead atoms. The number of hydrogen-bond donors (Lipinski definition) is 0. The van der Waals surface area contributed by atoms with Gasteiger partial charge in [-0.2, -0.15) is 0 Å².